The monoisotopic (exact) mass is 377 g/mol. The fraction of sp³-hybridized carbons (Fsp3) is 0.0952. The molecule has 3 rings (SSSR count). The molecule has 0 fully saturated rings. The number of hydrogen-bond acceptors (Lipinski definition) is 4. The average molecular weight is 377 g/mol. The van der Waals surface area contributed by atoms with E-state index in [1.807, 2.05) is 37.3 Å². The zero-order valence-electron chi connectivity index (χ0n) is 15.0. The second kappa shape index (κ2) is 8.51. The Bertz CT molecular complexity index is 974. The molecular weight excluding hydrogens is 358 g/mol. The highest BCUT2D eigenvalue weighted by atomic mass is 32.2. The van der Waals surface area contributed by atoms with E-state index in [1.165, 1.54) is 18.7 Å². The maximum atomic E-state index is 12.9. The molecule has 136 valence electrons. The minimum Gasteiger partial charge on any atom is -0.326 e. The number of anilines is 2. The van der Waals surface area contributed by atoms with Gasteiger partial charge < -0.3 is 10.6 Å². The first kappa shape index (κ1) is 18.7. The van der Waals surface area contributed by atoms with Gasteiger partial charge in [-0.1, -0.05) is 36.0 Å². The number of carbonyl (C=O) groups is 2. The topological polar surface area (TPSA) is 71.1 Å². The molecule has 2 aromatic carbocycles. The molecule has 0 radical (unpaired) electrons. The third kappa shape index (κ3) is 4.74. The van der Waals surface area contributed by atoms with Gasteiger partial charge in [0.25, 0.3) is 5.91 Å². The van der Waals surface area contributed by atoms with Crippen molar-refractivity contribution >= 4 is 35.0 Å². The molecule has 0 bridgehead atoms. The van der Waals surface area contributed by atoms with Crippen LogP contribution < -0.4 is 10.6 Å². The van der Waals surface area contributed by atoms with Crippen molar-refractivity contribution in [3.8, 4) is 0 Å². The molecule has 27 heavy (non-hydrogen) atoms. The predicted molar refractivity (Wildman–Crippen MR) is 108 cm³/mol. The first-order chi connectivity index (χ1) is 13.0. The molecule has 0 aliphatic rings. The summed E-state index contributed by atoms with van der Waals surface area (Å²) in [7, 11) is 0. The third-order valence-electron chi connectivity index (χ3n) is 3.87. The van der Waals surface area contributed by atoms with E-state index in [9.17, 15) is 9.59 Å². The largest absolute Gasteiger partial charge is 0.326 e. The highest BCUT2D eigenvalue weighted by Crippen LogP contribution is 2.29. The Hall–Kier alpha value is -3.12. The summed E-state index contributed by atoms with van der Waals surface area (Å²) < 4.78 is 0. The quantitative estimate of drug-likeness (QED) is 0.673. The summed E-state index contributed by atoms with van der Waals surface area (Å²) in [6, 6.07) is 18.7. The number of pyridine rings is 1. The second-order valence-corrected chi connectivity index (χ2v) is 6.95. The summed E-state index contributed by atoms with van der Waals surface area (Å²) in [5.41, 5.74) is 2.61. The molecule has 0 unspecified atom stereocenters. The van der Waals surface area contributed by atoms with Gasteiger partial charge in [-0.3, -0.25) is 9.59 Å². The Morgan fingerprint density at radius 1 is 0.889 bits per heavy atom. The highest BCUT2D eigenvalue weighted by Gasteiger charge is 2.15. The molecule has 0 saturated heterocycles. The molecule has 6 heteroatoms. The van der Waals surface area contributed by atoms with Crippen molar-refractivity contribution in [2.24, 2.45) is 0 Å². The maximum Gasteiger partial charge on any atom is 0.258 e. The lowest BCUT2D eigenvalue weighted by atomic mass is 10.1. The van der Waals surface area contributed by atoms with E-state index >= 15 is 0 Å². The van der Waals surface area contributed by atoms with Crippen LogP contribution in [0.2, 0.25) is 0 Å². The molecule has 0 aliphatic carbocycles. The Labute approximate surface area is 162 Å². The molecule has 0 spiro atoms. The zero-order valence-corrected chi connectivity index (χ0v) is 15.8. The van der Waals surface area contributed by atoms with Gasteiger partial charge in [0.2, 0.25) is 5.91 Å². The fourth-order valence-corrected chi connectivity index (χ4v) is 3.43. The van der Waals surface area contributed by atoms with E-state index in [2.05, 4.69) is 15.6 Å². The molecule has 0 aliphatic heterocycles. The van der Waals surface area contributed by atoms with Gasteiger partial charge in [0.1, 0.15) is 5.03 Å². The van der Waals surface area contributed by atoms with Crippen LogP contribution in [0.5, 0.6) is 0 Å². The average Bonchev–Trinajstić information content (AvgIpc) is 2.66. The lowest BCUT2D eigenvalue weighted by Crippen LogP contribution is -2.15. The molecule has 2 N–H and O–H groups in total. The summed E-state index contributed by atoms with van der Waals surface area (Å²) in [4.78, 5) is 29.6. The Morgan fingerprint density at radius 2 is 1.59 bits per heavy atom. The van der Waals surface area contributed by atoms with Gasteiger partial charge in [-0.2, -0.15) is 0 Å². The molecule has 5 nitrogen and oxygen atoms in total. The summed E-state index contributed by atoms with van der Waals surface area (Å²) in [6.07, 6.45) is 1.67. The van der Waals surface area contributed by atoms with Crippen molar-refractivity contribution in [2.45, 2.75) is 23.8 Å². The van der Waals surface area contributed by atoms with Gasteiger partial charge in [0.15, 0.2) is 0 Å². The van der Waals surface area contributed by atoms with Crippen molar-refractivity contribution in [1.82, 2.24) is 4.98 Å². The van der Waals surface area contributed by atoms with E-state index < -0.39 is 0 Å². The maximum absolute atomic E-state index is 12.9. The smallest absolute Gasteiger partial charge is 0.258 e. The van der Waals surface area contributed by atoms with Gasteiger partial charge in [-0.05, 0) is 48.9 Å². The van der Waals surface area contributed by atoms with Crippen LogP contribution in [0.25, 0.3) is 0 Å². The van der Waals surface area contributed by atoms with Crippen LogP contribution >= 0.6 is 11.8 Å². The molecule has 2 amide bonds. The number of rotatable bonds is 5. The van der Waals surface area contributed by atoms with Crippen LogP contribution in [-0.4, -0.2) is 16.8 Å². The van der Waals surface area contributed by atoms with Crippen molar-refractivity contribution in [2.75, 3.05) is 10.6 Å². The van der Waals surface area contributed by atoms with E-state index in [-0.39, 0.29) is 11.8 Å². The van der Waals surface area contributed by atoms with Crippen LogP contribution in [-0.2, 0) is 4.79 Å². The molecule has 0 atom stereocenters. The van der Waals surface area contributed by atoms with Gasteiger partial charge in [-0.15, -0.1) is 0 Å². The summed E-state index contributed by atoms with van der Waals surface area (Å²) >= 11 is 1.44. The summed E-state index contributed by atoms with van der Waals surface area (Å²) in [6.45, 7) is 3.30. The van der Waals surface area contributed by atoms with E-state index in [0.717, 1.165) is 10.5 Å². The van der Waals surface area contributed by atoms with Crippen LogP contribution in [0.4, 0.5) is 11.4 Å². The van der Waals surface area contributed by atoms with Crippen LogP contribution in [0.3, 0.4) is 0 Å². The molecule has 1 aromatic heterocycles. The van der Waals surface area contributed by atoms with Crippen LogP contribution in [0.1, 0.15) is 22.8 Å². The Morgan fingerprint density at radius 3 is 2.30 bits per heavy atom. The summed E-state index contributed by atoms with van der Waals surface area (Å²) in [5.74, 6) is -0.403. The number of hydrogen-bond donors (Lipinski definition) is 2. The lowest BCUT2D eigenvalue weighted by molar-refractivity contribution is -0.114. The van der Waals surface area contributed by atoms with Gasteiger partial charge in [-0.25, -0.2) is 4.98 Å². The minimum atomic E-state index is -0.246. The van der Waals surface area contributed by atoms with Crippen LogP contribution in [0.15, 0.2) is 76.8 Å². The normalized spacial score (nSPS) is 10.3. The van der Waals surface area contributed by atoms with Crippen LogP contribution in [0, 0.1) is 6.92 Å². The van der Waals surface area contributed by atoms with Crippen molar-refractivity contribution in [3.05, 3.63) is 78.0 Å². The third-order valence-corrected chi connectivity index (χ3v) is 4.89. The molecule has 0 saturated carbocycles. The van der Waals surface area contributed by atoms with E-state index in [4.69, 9.17) is 0 Å². The first-order valence-corrected chi connectivity index (χ1v) is 9.22. The Balaban J connectivity index is 1.84. The first-order valence-electron chi connectivity index (χ1n) is 8.41. The second-order valence-electron chi connectivity index (χ2n) is 5.88. The number of aromatic nitrogens is 1. The standard InChI is InChI=1S/C21H19N3O2S/c1-14-18(23-15(2)25)11-6-12-19(14)24-20(26)17-10-7-13-22-21(17)27-16-8-4-3-5-9-16/h3-13H,1-2H3,(H,23,25)(H,24,26). The zero-order chi connectivity index (χ0) is 19.2. The van der Waals surface area contributed by atoms with Crippen molar-refractivity contribution in [1.29, 1.82) is 0 Å². The van der Waals surface area contributed by atoms with Crippen molar-refractivity contribution in [3.63, 3.8) is 0 Å². The molecule has 3 aromatic rings. The van der Waals surface area contributed by atoms with E-state index in [1.54, 1.807) is 36.5 Å². The number of amides is 2. The number of nitrogens with one attached hydrogen (secondary N) is 2. The molecular formula is C21H19N3O2S. The number of nitrogens with zero attached hydrogens (tertiary/aromatic N) is 1. The van der Waals surface area contributed by atoms with E-state index in [0.29, 0.717) is 22.0 Å². The Kier molecular flexibility index (Phi) is 5.88. The summed E-state index contributed by atoms with van der Waals surface area (Å²) in [5, 5.41) is 6.32. The SMILES string of the molecule is CC(=O)Nc1cccc(NC(=O)c2cccnc2Sc2ccccc2)c1C. The number of benzene rings is 2. The fourth-order valence-electron chi connectivity index (χ4n) is 2.53. The van der Waals surface area contributed by atoms with Crippen molar-refractivity contribution < 1.29 is 9.59 Å². The molecule has 1 heterocycles. The highest BCUT2D eigenvalue weighted by molar-refractivity contribution is 7.99. The van der Waals surface area contributed by atoms with Gasteiger partial charge in [0.05, 0.1) is 5.56 Å². The minimum absolute atomic E-state index is 0.157. The lowest BCUT2D eigenvalue weighted by Gasteiger charge is -2.14. The number of carbonyl (C=O) groups excluding carboxylic acids is 2. The predicted octanol–water partition coefficient (Wildman–Crippen LogP) is 4.75. The van der Waals surface area contributed by atoms with Gasteiger partial charge in [0, 0.05) is 29.4 Å². The van der Waals surface area contributed by atoms with Gasteiger partial charge >= 0.3 is 0 Å².